The van der Waals surface area contributed by atoms with Crippen molar-refractivity contribution in [1.82, 2.24) is 10.2 Å². The van der Waals surface area contributed by atoms with E-state index in [1.54, 1.807) is 19.1 Å². The van der Waals surface area contributed by atoms with Crippen LogP contribution in [0.4, 0.5) is 9.18 Å². The summed E-state index contributed by atoms with van der Waals surface area (Å²) < 4.78 is 18.0. The number of rotatable bonds is 2. The predicted molar refractivity (Wildman–Crippen MR) is 84.0 cm³/mol. The van der Waals surface area contributed by atoms with Gasteiger partial charge in [0, 0.05) is 11.2 Å². The van der Waals surface area contributed by atoms with E-state index >= 15 is 0 Å². The molecule has 0 fully saturated rings. The molecule has 2 rings (SSSR count). The first-order valence-electron chi connectivity index (χ1n) is 7.32. The molecule has 1 heterocycles. The van der Waals surface area contributed by atoms with Gasteiger partial charge < -0.3 is 10.1 Å². The molecule has 0 bridgehead atoms. The van der Waals surface area contributed by atoms with Gasteiger partial charge in [0.15, 0.2) is 0 Å². The SMILES string of the molecule is COC(=O)C1=C(C)N(C(C)(C)C)C(=O)NC1c1ccc(F)cc1. The number of nitrogens with one attached hydrogen (secondary N) is 1. The van der Waals surface area contributed by atoms with Crippen molar-refractivity contribution >= 4 is 12.0 Å². The van der Waals surface area contributed by atoms with E-state index in [9.17, 15) is 14.0 Å². The second-order valence-electron chi connectivity index (χ2n) is 6.43. The lowest BCUT2D eigenvalue weighted by Crippen LogP contribution is -2.54. The Bertz CT molecular complexity index is 659. The number of nitrogens with zero attached hydrogens (tertiary/aromatic N) is 1. The normalized spacial score (nSPS) is 18.8. The standard InChI is InChI=1S/C17H21FN2O3/c1-10-13(15(21)23-5)14(11-6-8-12(18)9-7-11)19-16(22)20(10)17(2,3)4/h6-9,14H,1-5H3,(H,19,22). The Labute approximate surface area is 135 Å². The van der Waals surface area contributed by atoms with Crippen molar-refractivity contribution in [3.8, 4) is 0 Å². The highest BCUT2D eigenvalue weighted by Gasteiger charge is 2.40. The number of allylic oxidation sites excluding steroid dienone is 1. The maximum atomic E-state index is 13.1. The third-order valence-corrected chi connectivity index (χ3v) is 3.76. The number of carbonyl (C=O) groups excluding carboxylic acids is 2. The summed E-state index contributed by atoms with van der Waals surface area (Å²) in [6, 6.07) is 4.70. The second-order valence-corrected chi connectivity index (χ2v) is 6.43. The van der Waals surface area contributed by atoms with Gasteiger partial charge in [-0.2, -0.15) is 0 Å². The monoisotopic (exact) mass is 320 g/mol. The average molecular weight is 320 g/mol. The smallest absolute Gasteiger partial charge is 0.337 e. The summed E-state index contributed by atoms with van der Waals surface area (Å²) in [5, 5.41) is 2.81. The maximum Gasteiger partial charge on any atom is 0.337 e. The fourth-order valence-corrected chi connectivity index (χ4v) is 2.83. The number of urea groups is 1. The van der Waals surface area contributed by atoms with E-state index in [1.165, 1.54) is 24.1 Å². The van der Waals surface area contributed by atoms with Gasteiger partial charge in [0.25, 0.3) is 0 Å². The van der Waals surface area contributed by atoms with Crippen LogP contribution >= 0.6 is 0 Å². The molecule has 2 amide bonds. The predicted octanol–water partition coefficient (Wildman–Crippen LogP) is 3.14. The molecule has 0 spiro atoms. The molecule has 124 valence electrons. The summed E-state index contributed by atoms with van der Waals surface area (Å²) in [5.74, 6) is -0.904. The minimum atomic E-state index is -0.672. The number of amides is 2. The van der Waals surface area contributed by atoms with Gasteiger partial charge in [-0.25, -0.2) is 14.0 Å². The Morgan fingerprint density at radius 2 is 1.83 bits per heavy atom. The fraction of sp³-hybridized carbons (Fsp3) is 0.412. The maximum absolute atomic E-state index is 13.1. The minimum absolute atomic E-state index is 0.308. The molecule has 5 nitrogen and oxygen atoms in total. The Morgan fingerprint density at radius 3 is 2.30 bits per heavy atom. The Kier molecular flexibility index (Phi) is 4.45. The summed E-state index contributed by atoms with van der Waals surface area (Å²) in [5.41, 5.74) is 0.991. The van der Waals surface area contributed by atoms with Crippen molar-refractivity contribution in [3.05, 3.63) is 46.9 Å². The minimum Gasteiger partial charge on any atom is -0.466 e. The number of ether oxygens (including phenoxy) is 1. The van der Waals surface area contributed by atoms with Gasteiger partial charge >= 0.3 is 12.0 Å². The number of halogens is 1. The van der Waals surface area contributed by atoms with Crippen LogP contribution in [0.3, 0.4) is 0 Å². The van der Waals surface area contributed by atoms with E-state index in [-0.39, 0.29) is 11.8 Å². The number of carbonyl (C=O) groups is 2. The number of esters is 1. The van der Waals surface area contributed by atoms with Crippen molar-refractivity contribution in [2.24, 2.45) is 0 Å². The molecule has 1 aliphatic rings. The average Bonchev–Trinajstić information content (AvgIpc) is 2.45. The van der Waals surface area contributed by atoms with Gasteiger partial charge in [-0.05, 0) is 45.4 Å². The van der Waals surface area contributed by atoms with Crippen molar-refractivity contribution < 1.29 is 18.7 Å². The van der Waals surface area contributed by atoms with Crippen LogP contribution < -0.4 is 5.32 Å². The van der Waals surface area contributed by atoms with Crippen LogP contribution in [0.5, 0.6) is 0 Å². The van der Waals surface area contributed by atoms with Crippen LogP contribution in [0.1, 0.15) is 39.3 Å². The molecule has 1 aromatic carbocycles. The molecule has 6 heteroatoms. The van der Waals surface area contributed by atoms with E-state index in [0.29, 0.717) is 16.8 Å². The van der Waals surface area contributed by atoms with Gasteiger partial charge in [-0.15, -0.1) is 0 Å². The van der Waals surface area contributed by atoms with Crippen molar-refractivity contribution in [1.29, 1.82) is 0 Å². The first-order valence-corrected chi connectivity index (χ1v) is 7.32. The molecule has 1 N–H and O–H groups in total. The number of methoxy groups -OCH3 is 1. The van der Waals surface area contributed by atoms with E-state index in [1.807, 2.05) is 20.8 Å². The molecule has 1 unspecified atom stereocenters. The summed E-state index contributed by atoms with van der Waals surface area (Å²) in [6.07, 6.45) is 0. The van der Waals surface area contributed by atoms with Crippen LogP contribution in [0.2, 0.25) is 0 Å². The lowest BCUT2D eigenvalue weighted by atomic mass is 9.92. The lowest BCUT2D eigenvalue weighted by Gasteiger charge is -2.42. The Morgan fingerprint density at radius 1 is 1.26 bits per heavy atom. The van der Waals surface area contributed by atoms with Gasteiger partial charge in [-0.1, -0.05) is 12.1 Å². The molecule has 0 aromatic heterocycles. The summed E-state index contributed by atoms with van der Waals surface area (Å²) in [4.78, 5) is 26.3. The van der Waals surface area contributed by atoms with Crippen LogP contribution in [-0.2, 0) is 9.53 Å². The lowest BCUT2D eigenvalue weighted by molar-refractivity contribution is -0.136. The van der Waals surface area contributed by atoms with Crippen molar-refractivity contribution in [2.75, 3.05) is 7.11 Å². The molecular weight excluding hydrogens is 299 g/mol. The summed E-state index contributed by atoms with van der Waals surface area (Å²) in [7, 11) is 1.29. The van der Waals surface area contributed by atoms with Crippen LogP contribution in [0, 0.1) is 5.82 Å². The van der Waals surface area contributed by atoms with E-state index < -0.39 is 17.6 Å². The van der Waals surface area contributed by atoms with E-state index in [2.05, 4.69) is 5.32 Å². The molecule has 1 aromatic rings. The molecule has 0 radical (unpaired) electrons. The fourth-order valence-electron chi connectivity index (χ4n) is 2.83. The van der Waals surface area contributed by atoms with Gasteiger partial charge in [-0.3, -0.25) is 4.90 Å². The third kappa shape index (κ3) is 3.21. The zero-order valence-electron chi connectivity index (χ0n) is 13.9. The molecular formula is C17H21FN2O3. The highest BCUT2D eigenvalue weighted by atomic mass is 19.1. The largest absolute Gasteiger partial charge is 0.466 e. The highest BCUT2D eigenvalue weighted by molar-refractivity contribution is 5.95. The highest BCUT2D eigenvalue weighted by Crippen LogP contribution is 2.34. The number of benzene rings is 1. The molecule has 0 aliphatic carbocycles. The Balaban J connectivity index is 2.59. The first kappa shape index (κ1) is 17.0. The first-order chi connectivity index (χ1) is 10.7. The summed E-state index contributed by atoms with van der Waals surface area (Å²) in [6.45, 7) is 7.35. The van der Waals surface area contributed by atoms with Gasteiger partial charge in [0.05, 0.1) is 18.7 Å². The Hall–Kier alpha value is -2.37. The molecule has 0 saturated heterocycles. The summed E-state index contributed by atoms with van der Waals surface area (Å²) >= 11 is 0. The number of hydrogen-bond donors (Lipinski definition) is 1. The van der Waals surface area contributed by atoms with Gasteiger partial charge in [0.2, 0.25) is 0 Å². The zero-order valence-corrected chi connectivity index (χ0v) is 13.9. The van der Waals surface area contributed by atoms with E-state index in [0.717, 1.165) is 0 Å². The van der Waals surface area contributed by atoms with Crippen molar-refractivity contribution in [2.45, 2.75) is 39.3 Å². The zero-order chi connectivity index (χ0) is 17.4. The van der Waals surface area contributed by atoms with Crippen LogP contribution in [0.15, 0.2) is 35.5 Å². The van der Waals surface area contributed by atoms with Crippen LogP contribution in [-0.4, -0.2) is 29.5 Å². The quantitative estimate of drug-likeness (QED) is 0.852. The molecule has 1 atom stereocenters. The third-order valence-electron chi connectivity index (χ3n) is 3.76. The van der Waals surface area contributed by atoms with Gasteiger partial charge in [0.1, 0.15) is 5.82 Å². The second kappa shape index (κ2) is 6.02. The molecule has 0 saturated carbocycles. The van der Waals surface area contributed by atoms with E-state index in [4.69, 9.17) is 4.74 Å². The van der Waals surface area contributed by atoms with Crippen LogP contribution in [0.25, 0.3) is 0 Å². The molecule has 1 aliphatic heterocycles. The molecule has 23 heavy (non-hydrogen) atoms. The number of hydrogen-bond acceptors (Lipinski definition) is 3. The van der Waals surface area contributed by atoms with Crippen molar-refractivity contribution in [3.63, 3.8) is 0 Å². The topological polar surface area (TPSA) is 58.6 Å².